The quantitative estimate of drug-likeness (QED) is 0.637. The maximum absolute atomic E-state index is 12.5. The molecule has 6 nitrogen and oxygen atoms in total. The number of hydrogen-bond donors (Lipinski definition) is 2. The molecule has 0 unspecified atom stereocenters. The Morgan fingerprint density at radius 1 is 1.00 bits per heavy atom. The van der Waals surface area contributed by atoms with E-state index in [0.29, 0.717) is 12.1 Å². The van der Waals surface area contributed by atoms with Gasteiger partial charge in [0.25, 0.3) is 0 Å². The van der Waals surface area contributed by atoms with Crippen LogP contribution in [0.5, 0.6) is 0 Å². The molecule has 0 fully saturated rings. The predicted molar refractivity (Wildman–Crippen MR) is 118 cm³/mol. The molecule has 0 aliphatic heterocycles. The van der Waals surface area contributed by atoms with Crippen LogP contribution < -0.4 is 15.5 Å². The summed E-state index contributed by atoms with van der Waals surface area (Å²) in [5.41, 5.74) is 4.33. The molecule has 150 valence electrons. The molecule has 0 aliphatic carbocycles. The summed E-state index contributed by atoms with van der Waals surface area (Å²) in [6.07, 6.45) is 3.92. The largest absolute Gasteiger partial charge is 0.374 e. The minimum absolute atomic E-state index is 0.00115. The van der Waals surface area contributed by atoms with Gasteiger partial charge in [-0.1, -0.05) is 30.3 Å². The van der Waals surface area contributed by atoms with Crippen molar-refractivity contribution in [2.45, 2.75) is 20.3 Å². The fraction of sp³-hybridized carbons (Fsp3) is 0.217. The Bertz CT molecular complexity index is 992. The van der Waals surface area contributed by atoms with Crippen LogP contribution in [0, 0.1) is 6.92 Å². The third-order valence-corrected chi connectivity index (χ3v) is 4.84. The zero-order chi connectivity index (χ0) is 20.8. The van der Waals surface area contributed by atoms with Gasteiger partial charge in [-0.3, -0.25) is 9.36 Å². The molecule has 0 saturated carbocycles. The van der Waals surface area contributed by atoms with Gasteiger partial charge in [0, 0.05) is 37.4 Å². The number of para-hydroxylation sites is 1. The maximum Gasteiger partial charge on any atom is 0.323 e. The highest BCUT2D eigenvalue weighted by molar-refractivity contribution is 6.00. The van der Waals surface area contributed by atoms with E-state index in [9.17, 15) is 9.59 Å². The summed E-state index contributed by atoms with van der Waals surface area (Å²) >= 11 is 0. The van der Waals surface area contributed by atoms with Crippen LogP contribution in [0.1, 0.15) is 22.8 Å². The highest BCUT2D eigenvalue weighted by Crippen LogP contribution is 2.16. The van der Waals surface area contributed by atoms with Crippen molar-refractivity contribution in [1.82, 2.24) is 4.57 Å². The Balaban J connectivity index is 1.57. The van der Waals surface area contributed by atoms with Crippen molar-refractivity contribution in [1.29, 1.82) is 0 Å². The predicted octanol–water partition coefficient (Wildman–Crippen LogP) is 4.78. The van der Waals surface area contributed by atoms with E-state index in [1.807, 2.05) is 62.6 Å². The molecular weight excluding hydrogens is 364 g/mol. The normalized spacial score (nSPS) is 10.4. The number of carbonyl (C=O) groups excluding carboxylic acids is 2. The molecule has 0 spiro atoms. The Morgan fingerprint density at radius 2 is 1.72 bits per heavy atom. The first-order chi connectivity index (χ1) is 14.0. The second-order valence-corrected chi connectivity index (χ2v) is 6.95. The van der Waals surface area contributed by atoms with Crippen LogP contribution in [0.3, 0.4) is 0 Å². The molecule has 1 aromatic heterocycles. The molecule has 29 heavy (non-hydrogen) atoms. The van der Waals surface area contributed by atoms with Gasteiger partial charge in [-0.2, -0.15) is 0 Å². The molecule has 6 heteroatoms. The number of aryl methyl sites for hydroxylation is 1. The number of amides is 2. The number of rotatable bonds is 6. The van der Waals surface area contributed by atoms with Gasteiger partial charge in [0.05, 0.1) is 12.1 Å². The van der Waals surface area contributed by atoms with Gasteiger partial charge < -0.3 is 15.5 Å². The summed E-state index contributed by atoms with van der Waals surface area (Å²) in [6, 6.07) is 16.5. The lowest BCUT2D eigenvalue weighted by Gasteiger charge is -2.13. The van der Waals surface area contributed by atoms with Gasteiger partial charge in [0.15, 0.2) is 0 Å². The van der Waals surface area contributed by atoms with Crippen LogP contribution in [-0.2, 0) is 6.42 Å². The van der Waals surface area contributed by atoms with Crippen molar-refractivity contribution in [3.63, 3.8) is 0 Å². The first-order valence-corrected chi connectivity index (χ1v) is 9.61. The van der Waals surface area contributed by atoms with Crippen molar-refractivity contribution in [3.05, 3.63) is 78.1 Å². The number of urea groups is 1. The number of anilines is 3. The Hall–Kier alpha value is -3.54. The third-order valence-electron chi connectivity index (χ3n) is 4.84. The zero-order valence-electron chi connectivity index (χ0n) is 17.0. The maximum atomic E-state index is 12.5. The summed E-state index contributed by atoms with van der Waals surface area (Å²) < 4.78 is 1.61. The summed E-state index contributed by atoms with van der Waals surface area (Å²) in [6.45, 7) is 4.88. The van der Waals surface area contributed by atoms with Crippen LogP contribution in [0.4, 0.5) is 21.9 Å². The van der Waals surface area contributed by atoms with Gasteiger partial charge >= 0.3 is 6.03 Å². The number of hydrogen-bond acceptors (Lipinski definition) is 3. The molecule has 2 N–H and O–H groups in total. The summed E-state index contributed by atoms with van der Waals surface area (Å²) in [5, 5.41) is 5.64. The van der Waals surface area contributed by atoms with Crippen molar-refractivity contribution in [2.24, 2.45) is 0 Å². The number of carbonyl (C=O) groups is 2. The number of aromatic nitrogens is 1. The van der Waals surface area contributed by atoms with Gasteiger partial charge in [-0.25, -0.2) is 4.79 Å². The van der Waals surface area contributed by atoms with Crippen LogP contribution >= 0.6 is 0 Å². The third kappa shape index (κ3) is 5.25. The van der Waals surface area contributed by atoms with Crippen LogP contribution in [-0.4, -0.2) is 30.1 Å². The van der Waals surface area contributed by atoms with Crippen molar-refractivity contribution in [3.8, 4) is 0 Å². The van der Waals surface area contributed by atoms with E-state index >= 15 is 0 Å². The fourth-order valence-corrected chi connectivity index (χ4v) is 2.92. The van der Waals surface area contributed by atoms with E-state index in [1.165, 1.54) is 0 Å². The van der Waals surface area contributed by atoms with Crippen molar-refractivity contribution in [2.75, 3.05) is 29.1 Å². The molecule has 0 bridgehead atoms. The van der Waals surface area contributed by atoms with Gasteiger partial charge in [0.1, 0.15) is 0 Å². The zero-order valence-corrected chi connectivity index (χ0v) is 17.0. The van der Waals surface area contributed by atoms with E-state index in [0.717, 1.165) is 29.0 Å². The molecule has 1 heterocycles. The van der Waals surface area contributed by atoms with Crippen LogP contribution in [0.15, 0.2) is 67.0 Å². The van der Waals surface area contributed by atoms with Crippen molar-refractivity contribution >= 4 is 29.0 Å². The fourth-order valence-electron chi connectivity index (χ4n) is 2.92. The first-order valence-electron chi connectivity index (χ1n) is 9.61. The summed E-state index contributed by atoms with van der Waals surface area (Å²) in [7, 11) is 1.99. The lowest BCUT2D eigenvalue weighted by molar-refractivity contribution is 0.0914. The number of nitrogens with zero attached hydrogens (tertiary/aromatic N) is 2. The first kappa shape index (κ1) is 20.2. The Kier molecular flexibility index (Phi) is 6.34. The average Bonchev–Trinajstić information content (AvgIpc) is 3.21. The Morgan fingerprint density at radius 3 is 2.41 bits per heavy atom. The molecule has 0 aliphatic rings. The van der Waals surface area contributed by atoms with E-state index in [2.05, 4.69) is 22.5 Å². The second kappa shape index (κ2) is 9.10. The Labute approximate surface area is 171 Å². The second-order valence-electron chi connectivity index (χ2n) is 6.95. The number of benzene rings is 2. The van der Waals surface area contributed by atoms with Crippen LogP contribution in [0.2, 0.25) is 0 Å². The highest BCUT2D eigenvalue weighted by Gasteiger charge is 2.09. The highest BCUT2D eigenvalue weighted by atomic mass is 16.2. The molecular formula is C23H26N4O2. The average molecular weight is 390 g/mol. The molecule has 2 amide bonds. The van der Waals surface area contributed by atoms with Crippen molar-refractivity contribution < 1.29 is 9.59 Å². The molecule has 2 aromatic carbocycles. The molecule has 3 rings (SSSR count). The minimum Gasteiger partial charge on any atom is -0.374 e. The molecule has 3 aromatic rings. The van der Waals surface area contributed by atoms with E-state index in [-0.39, 0.29) is 11.9 Å². The monoisotopic (exact) mass is 390 g/mol. The SMILES string of the molecule is CCN(C)c1ccn(C(=O)Cc2ccc(NC(=O)Nc3ccccc3C)cc2)c1. The minimum atomic E-state index is -0.303. The smallest absolute Gasteiger partial charge is 0.323 e. The summed E-state index contributed by atoms with van der Waals surface area (Å²) in [5.74, 6) is -0.00115. The lowest BCUT2D eigenvalue weighted by Crippen LogP contribution is -2.20. The summed E-state index contributed by atoms with van der Waals surface area (Å²) in [4.78, 5) is 26.8. The van der Waals surface area contributed by atoms with E-state index in [4.69, 9.17) is 0 Å². The van der Waals surface area contributed by atoms with Gasteiger partial charge in [-0.05, 0) is 49.2 Å². The molecule has 0 atom stereocenters. The van der Waals surface area contributed by atoms with Gasteiger partial charge in [0.2, 0.25) is 5.91 Å². The standard InChI is InChI=1S/C23H26N4O2/c1-4-26(3)20-13-14-27(16-20)22(28)15-18-9-11-19(12-10-18)24-23(29)25-21-8-6-5-7-17(21)2/h5-14,16H,4,15H2,1-3H3,(H2,24,25,29). The van der Waals surface area contributed by atoms with E-state index < -0.39 is 0 Å². The molecule has 0 radical (unpaired) electrons. The molecule has 0 saturated heterocycles. The van der Waals surface area contributed by atoms with E-state index in [1.54, 1.807) is 22.9 Å². The van der Waals surface area contributed by atoms with Gasteiger partial charge in [-0.15, -0.1) is 0 Å². The number of nitrogens with one attached hydrogen (secondary N) is 2. The lowest BCUT2D eigenvalue weighted by atomic mass is 10.1. The van der Waals surface area contributed by atoms with Crippen LogP contribution in [0.25, 0.3) is 0 Å². The topological polar surface area (TPSA) is 66.4 Å².